The number of carbonyl (C=O) groups is 3. The van der Waals surface area contributed by atoms with E-state index in [1.807, 2.05) is 50.3 Å². The highest BCUT2D eigenvalue weighted by Crippen LogP contribution is 2.58. The third-order valence-corrected chi connectivity index (χ3v) is 9.04. The summed E-state index contributed by atoms with van der Waals surface area (Å²) >= 11 is 0. The van der Waals surface area contributed by atoms with Crippen LogP contribution in [0.25, 0.3) is 6.08 Å². The van der Waals surface area contributed by atoms with Gasteiger partial charge in [0.2, 0.25) is 0 Å². The average Bonchev–Trinajstić information content (AvgIpc) is 3.35. The van der Waals surface area contributed by atoms with Crippen LogP contribution < -0.4 is 0 Å². The molecule has 38 heavy (non-hydrogen) atoms. The standard InChI is InChI=1S/C34H40O4/c1-23(22-38-32(37)16-13-26-11-6-5-7-12-26)9-8-10-24(2)28-17-18-34(4)20-29-25(3)19-31(36)33(29)27(21-35)14-15-30(28)34/h5-14,16,19,21,24,28-30,33H,15,17-18,20,22H2,1-4H3/b10-8-,16-13+,23-9-,27-14-/t24-,28+,29+,30-,33-,34+/m0/s1. The molecule has 0 aromatic heterocycles. The van der Waals surface area contributed by atoms with Gasteiger partial charge in [-0.2, -0.15) is 0 Å². The lowest BCUT2D eigenvalue weighted by atomic mass is 9.63. The molecule has 1 saturated carbocycles. The highest BCUT2D eigenvalue weighted by Gasteiger charge is 2.50. The Morgan fingerprint density at radius 1 is 1.24 bits per heavy atom. The number of esters is 1. The largest absolute Gasteiger partial charge is 0.458 e. The Morgan fingerprint density at radius 3 is 2.74 bits per heavy atom. The number of fused-ring (bicyclic) bond motifs is 2. The van der Waals surface area contributed by atoms with Gasteiger partial charge in [0.05, 0.1) is 5.92 Å². The molecule has 4 rings (SSSR count). The van der Waals surface area contributed by atoms with Gasteiger partial charge >= 0.3 is 5.97 Å². The second-order valence-corrected chi connectivity index (χ2v) is 11.7. The van der Waals surface area contributed by atoms with E-state index in [9.17, 15) is 14.4 Å². The second-order valence-electron chi connectivity index (χ2n) is 11.7. The molecule has 3 aliphatic rings. The molecule has 4 nitrogen and oxygen atoms in total. The van der Waals surface area contributed by atoms with Crippen LogP contribution in [0.3, 0.4) is 0 Å². The van der Waals surface area contributed by atoms with Crippen molar-refractivity contribution >= 4 is 24.1 Å². The Bertz CT molecular complexity index is 1200. The summed E-state index contributed by atoms with van der Waals surface area (Å²) in [4.78, 5) is 36.6. The van der Waals surface area contributed by atoms with Gasteiger partial charge < -0.3 is 4.74 Å². The predicted molar refractivity (Wildman–Crippen MR) is 152 cm³/mol. The first-order valence-electron chi connectivity index (χ1n) is 13.8. The van der Waals surface area contributed by atoms with Crippen molar-refractivity contribution in [3.63, 3.8) is 0 Å². The van der Waals surface area contributed by atoms with Crippen LogP contribution in [-0.2, 0) is 19.1 Å². The zero-order valence-electron chi connectivity index (χ0n) is 23.1. The summed E-state index contributed by atoms with van der Waals surface area (Å²) in [5.74, 6) is 0.987. The van der Waals surface area contributed by atoms with Crippen LogP contribution in [-0.4, -0.2) is 24.6 Å². The van der Waals surface area contributed by atoms with Crippen molar-refractivity contribution in [2.24, 2.45) is 35.0 Å². The van der Waals surface area contributed by atoms with Crippen molar-refractivity contribution in [3.8, 4) is 0 Å². The molecule has 4 heteroatoms. The molecular formula is C34H40O4. The third kappa shape index (κ3) is 6.23. The Morgan fingerprint density at radius 2 is 2.00 bits per heavy atom. The van der Waals surface area contributed by atoms with Crippen LogP contribution in [0.1, 0.15) is 58.9 Å². The molecule has 0 bridgehead atoms. The fourth-order valence-electron chi connectivity index (χ4n) is 6.86. The zero-order valence-corrected chi connectivity index (χ0v) is 23.1. The first-order chi connectivity index (χ1) is 18.2. The van der Waals surface area contributed by atoms with E-state index in [0.29, 0.717) is 23.3 Å². The van der Waals surface area contributed by atoms with E-state index in [1.54, 1.807) is 12.2 Å². The number of benzene rings is 1. The molecule has 0 heterocycles. The Balaban J connectivity index is 1.36. The molecular weight excluding hydrogens is 472 g/mol. The summed E-state index contributed by atoms with van der Waals surface area (Å²) in [6, 6.07) is 9.67. The van der Waals surface area contributed by atoms with E-state index in [1.165, 1.54) is 6.08 Å². The Labute approximate surface area is 227 Å². The summed E-state index contributed by atoms with van der Waals surface area (Å²) < 4.78 is 5.37. The smallest absolute Gasteiger partial charge is 0.331 e. The number of carbonyl (C=O) groups excluding carboxylic acids is 3. The van der Waals surface area contributed by atoms with Crippen LogP contribution in [0.4, 0.5) is 0 Å². The van der Waals surface area contributed by atoms with Gasteiger partial charge in [-0.3, -0.25) is 9.59 Å². The summed E-state index contributed by atoms with van der Waals surface area (Å²) in [6.07, 6.45) is 18.4. The van der Waals surface area contributed by atoms with Gasteiger partial charge in [-0.05, 0) is 97.5 Å². The number of rotatable bonds is 8. The minimum atomic E-state index is -0.354. The van der Waals surface area contributed by atoms with E-state index in [2.05, 4.69) is 32.1 Å². The average molecular weight is 513 g/mol. The molecule has 3 aliphatic carbocycles. The maximum Gasteiger partial charge on any atom is 0.331 e. The molecule has 0 aliphatic heterocycles. The van der Waals surface area contributed by atoms with Gasteiger partial charge in [-0.25, -0.2) is 4.79 Å². The van der Waals surface area contributed by atoms with Crippen molar-refractivity contribution in [1.29, 1.82) is 0 Å². The molecule has 0 radical (unpaired) electrons. The lowest BCUT2D eigenvalue weighted by Crippen LogP contribution is -2.34. The second kappa shape index (κ2) is 12.1. The van der Waals surface area contributed by atoms with Crippen LogP contribution in [0, 0.1) is 35.0 Å². The summed E-state index contributed by atoms with van der Waals surface area (Å²) in [7, 11) is 0. The number of aldehydes is 1. The molecule has 0 saturated heterocycles. The van der Waals surface area contributed by atoms with Crippen LogP contribution in [0.15, 0.2) is 83.5 Å². The first kappa shape index (κ1) is 27.8. The SMILES string of the molecule is CC1=CC(=O)[C@H]2/C(C=O)=C\C[C@H]3[C@@H]([C@@H](C)/C=C\C=C(\C)COC(=O)/C=C/c4ccccc4)CC[C@]3(C)C[C@H]12. The van der Waals surface area contributed by atoms with E-state index in [4.69, 9.17) is 4.74 Å². The molecule has 1 fully saturated rings. The lowest BCUT2D eigenvalue weighted by molar-refractivity contribution is -0.136. The van der Waals surface area contributed by atoms with Gasteiger partial charge in [-0.1, -0.05) is 74.1 Å². The normalized spacial score (nSPS) is 31.7. The zero-order chi connectivity index (χ0) is 27.3. The van der Waals surface area contributed by atoms with Crippen molar-refractivity contribution in [2.75, 3.05) is 6.61 Å². The Kier molecular flexibility index (Phi) is 8.81. The van der Waals surface area contributed by atoms with E-state index in [0.717, 1.165) is 48.7 Å². The molecule has 0 amide bonds. The highest BCUT2D eigenvalue weighted by atomic mass is 16.5. The maximum atomic E-state index is 12.6. The predicted octanol–water partition coefficient (Wildman–Crippen LogP) is 7.09. The van der Waals surface area contributed by atoms with E-state index < -0.39 is 0 Å². The maximum absolute atomic E-state index is 12.6. The summed E-state index contributed by atoms with van der Waals surface area (Å²) in [6.45, 7) is 8.94. The van der Waals surface area contributed by atoms with Crippen molar-refractivity contribution in [1.82, 2.24) is 0 Å². The number of allylic oxidation sites excluding steroid dienone is 7. The molecule has 6 atom stereocenters. The fourth-order valence-corrected chi connectivity index (χ4v) is 6.86. The Hall–Kier alpha value is -3.27. The van der Waals surface area contributed by atoms with Gasteiger partial charge in [0, 0.05) is 6.08 Å². The quantitative estimate of drug-likeness (QED) is 0.161. The molecule has 0 unspecified atom stereocenters. The van der Waals surface area contributed by atoms with Crippen molar-refractivity contribution in [3.05, 3.63) is 89.1 Å². The molecule has 1 aromatic rings. The summed E-state index contributed by atoms with van der Waals surface area (Å²) in [5, 5.41) is 0. The minimum absolute atomic E-state index is 0.0961. The van der Waals surface area contributed by atoms with Crippen LogP contribution in [0.2, 0.25) is 0 Å². The third-order valence-electron chi connectivity index (χ3n) is 9.04. The van der Waals surface area contributed by atoms with Gasteiger partial charge in [0.25, 0.3) is 0 Å². The number of ketones is 1. The minimum Gasteiger partial charge on any atom is -0.458 e. The molecule has 0 N–H and O–H groups in total. The van der Waals surface area contributed by atoms with Gasteiger partial charge in [0.1, 0.15) is 12.9 Å². The number of hydrogen-bond donors (Lipinski definition) is 0. The number of hydrogen-bond acceptors (Lipinski definition) is 4. The van der Waals surface area contributed by atoms with Crippen molar-refractivity contribution < 1.29 is 19.1 Å². The molecule has 200 valence electrons. The fraction of sp³-hybridized carbons (Fsp3) is 0.441. The van der Waals surface area contributed by atoms with Gasteiger partial charge in [0.15, 0.2) is 5.78 Å². The molecule has 0 spiro atoms. The van der Waals surface area contributed by atoms with Crippen LogP contribution in [0.5, 0.6) is 0 Å². The topological polar surface area (TPSA) is 60.4 Å². The number of ether oxygens (including phenoxy) is 1. The van der Waals surface area contributed by atoms with Gasteiger partial charge in [-0.15, -0.1) is 0 Å². The van der Waals surface area contributed by atoms with E-state index in [-0.39, 0.29) is 35.6 Å². The highest BCUT2D eigenvalue weighted by molar-refractivity contribution is 6.01. The lowest BCUT2D eigenvalue weighted by Gasteiger charge is -2.40. The monoisotopic (exact) mass is 512 g/mol. The van der Waals surface area contributed by atoms with Crippen molar-refractivity contribution in [2.45, 2.75) is 53.4 Å². The summed E-state index contributed by atoms with van der Waals surface area (Å²) in [5.41, 5.74) is 3.91. The van der Waals surface area contributed by atoms with E-state index >= 15 is 0 Å². The molecule has 1 aromatic carbocycles. The van der Waals surface area contributed by atoms with Crippen LogP contribution >= 0.6 is 0 Å². The first-order valence-corrected chi connectivity index (χ1v) is 13.8.